The monoisotopic (exact) mass is 212 g/mol. The molecule has 82 valence electrons. The summed E-state index contributed by atoms with van der Waals surface area (Å²) in [5.41, 5.74) is 5.33. The molecule has 0 unspecified atom stereocenters. The van der Waals surface area contributed by atoms with E-state index < -0.39 is 12.1 Å². The molecule has 0 spiro atoms. The van der Waals surface area contributed by atoms with Gasteiger partial charge in [-0.25, -0.2) is 4.79 Å². The van der Waals surface area contributed by atoms with Crippen LogP contribution in [-0.2, 0) is 4.79 Å². The second-order valence-corrected chi connectivity index (χ2v) is 2.48. The lowest BCUT2D eigenvalue weighted by Crippen LogP contribution is -2.21. The minimum Gasteiger partial charge on any atom is -0.475 e. The van der Waals surface area contributed by atoms with Gasteiger partial charge in [0.15, 0.2) is 0 Å². The largest absolute Gasteiger partial charge is 0.490 e. The molecule has 0 aliphatic rings. The zero-order valence-corrected chi connectivity index (χ0v) is 7.51. The highest BCUT2D eigenvalue weighted by Gasteiger charge is 2.38. The van der Waals surface area contributed by atoms with Gasteiger partial charge in [0, 0.05) is 12.5 Å². The quantitative estimate of drug-likeness (QED) is 0.721. The van der Waals surface area contributed by atoms with Crippen molar-refractivity contribution in [3.63, 3.8) is 0 Å². The number of carboxylic acid groups (broad SMARTS) is 1. The summed E-state index contributed by atoms with van der Waals surface area (Å²) in [5, 5.41) is 15.1. The van der Waals surface area contributed by atoms with E-state index in [0.717, 1.165) is 6.42 Å². The Morgan fingerprint density at radius 3 is 2.07 bits per heavy atom. The van der Waals surface area contributed by atoms with Crippen LogP contribution in [0.1, 0.15) is 19.8 Å². The standard InChI is InChI=1S/C5H10N2.C2HF3O2/c1-5(7)3-2-4-6;3-2(4,5)1(6)7/h5H,2-3,7H2,1H3;(H,6,7)/t5-;/m1./s1. The van der Waals surface area contributed by atoms with E-state index in [1.165, 1.54) is 0 Å². The van der Waals surface area contributed by atoms with E-state index in [0.29, 0.717) is 6.42 Å². The summed E-state index contributed by atoms with van der Waals surface area (Å²) in [5.74, 6) is -2.76. The second kappa shape index (κ2) is 7.15. The molecule has 0 bridgehead atoms. The van der Waals surface area contributed by atoms with Crippen molar-refractivity contribution in [1.29, 1.82) is 5.26 Å². The lowest BCUT2D eigenvalue weighted by atomic mass is 10.2. The number of hydrogen-bond acceptors (Lipinski definition) is 3. The molecule has 0 aromatic rings. The zero-order chi connectivity index (χ0) is 11.8. The normalized spacial score (nSPS) is 12.0. The van der Waals surface area contributed by atoms with Crippen molar-refractivity contribution in [1.82, 2.24) is 0 Å². The number of carboxylic acids is 1. The van der Waals surface area contributed by atoms with Crippen LogP contribution in [0.15, 0.2) is 0 Å². The van der Waals surface area contributed by atoms with Crippen LogP contribution < -0.4 is 5.73 Å². The van der Waals surface area contributed by atoms with Gasteiger partial charge < -0.3 is 10.8 Å². The predicted molar refractivity (Wildman–Crippen MR) is 42.2 cm³/mol. The summed E-state index contributed by atoms with van der Waals surface area (Å²) in [6.07, 6.45) is -3.69. The van der Waals surface area contributed by atoms with Crippen LogP contribution in [-0.4, -0.2) is 23.3 Å². The fourth-order valence-corrected chi connectivity index (χ4v) is 0.292. The van der Waals surface area contributed by atoms with E-state index in [4.69, 9.17) is 20.9 Å². The lowest BCUT2D eigenvalue weighted by Gasteiger charge is -1.95. The highest BCUT2D eigenvalue weighted by molar-refractivity contribution is 5.73. The van der Waals surface area contributed by atoms with Crippen molar-refractivity contribution in [2.45, 2.75) is 32.0 Å². The van der Waals surface area contributed by atoms with Crippen LogP contribution in [0.3, 0.4) is 0 Å². The minimum absolute atomic E-state index is 0.180. The number of alkyl halides is 3. The van der Waals surface area contributed by atoms with Crippen LogP contribution in [0.4, 0.5) is 13.2 Å². The first kappa shape index (κ1) is 15.2. The molecule has 0 aromatic heterocycles. The van der Waals surface area contributed by atoms with Gasteiger partial charge in [-0.3, -0.25) is 0 Å². The molecular formula is C7H11F3N2O2. The third-order valence-electron chi connectivity index (χ3n) is 0.954. The minimum atomic E-state index is -5.08. The fraction of sp³-hybridized carbons (Fsp3) is 0.714. The summed E-state index contributed by atoms with van der Waals surface area (Å²) in [6.45, 7) is 1.90. The topological polar surface area (TPSA) is 87.1 Å². The maximum absolute atomic E-state index is 10.6. The molecule has 0 saturated carbocycles. The van der Waals surface area contributed by atoms with Crippen molar-refractivity contribution in [3.8, 4) is 6.07 Å². The highest BCUT2D eigenvalue weighted by Crippen LogP contribution is 2.13. The van der Waals surface area contributed by atoms with Crippen molar-refractivity contribution >= 4 is 5.97 Å². The molecule has 0 radical (unpaired) electrons. The van der Waals surface area contributed by atoms with Gasteiger partial charge in [-0.2, -0.15) is 18.4 Å². The van der Waals surface area contributed by atoms with Crippen LogP contribution in [0.2, 0.25) is 0 Å². The van der Waals surface area contributed by atoms with Crippen LogP contribution in [0.5, 0.6) is 0 Å². The first-order valence-corrected chi connectivity index (χ1v) is 3.64. The summed E-state index contributed by atoms with van der Waals surface area (Å²) in [4.78, 5) is 8.90. The summed E-state index contributed by atoms with van der Waals surface area (Å²) in [7, 11) is 0. The molecule has 0 amide bonds. The third kappa shape index (κ3) is 13.3. The third-order valence-corrected chi connectivity index (χ3v) is 0.954. The maximum Gasteiger partial charge on any atom is 0.490 e. The summed E-state index contributed by atoms with van der Waals surface area (Å²) >= 11 is 0. The lowest BCUT2D eigenvalue weighted by molar-refractivity contribution is -0.192. The van der Waals surface area contributed by atoms with Gasteiger partial charge in [-0.15, -0.1) is 0 Å². The van der Waals surface area contributed by atoms with Crippen LogP contribution >= 0.6 is 0 Å². The predicted octanol–water partition coefficient (Wildman–Crippen LogP) is 1.27. The molecule has 0 aliphatic carbocycles. The Labute approximate surface area is 79.1 Å². The number of nitrogens with zero attached hydrogens (tertiary/aromatic N) is 1. The molecular weight excluding hydrogens is 201 g/mol. The first-order chi connectivity index (χ1) is 6.21. The fourth-order valence-electron chi connectivity index (χ4n) is 0.292. The summed E-state index contributed by atoms with van der Waals surface area (Å²) < 4.78 is 31.7. The number of aliphatic carboxylic acids is 1. The van der Waals surface area contributed by atoms with E-state index in [9.17, 15) is 13.2 Å². The molecule has 14 heavy (non-hydrogen) atoms. The second-order valence-electron chi connectivity index (χ2n) is 2.48. The van der Waals surface area contributed by atoms with Crippen molar-refractivity contribution < 1.29 is 23.1 Å². The molecule has 0 rings (SSSR count). The average molecular weight is 212 g/mol. The Kier molecular flexibility index (Phi) is 7.76. The van der Waals surface area contributed by atoms with E-state index in [-0.39, 0.29) is 6.04 Å². The molecule has 4 nitrogen and oxygen atoms in total. The van der Waals surface area contributed by atoms with E-state index >= 15 is 0 Å². The smallest absolute Gasteiger partial charge is 0.475 e. The van der Waals surface area contributed by atoms with Gasteiger partial charge in [-0.1, -0.05) is 0 Å². The van der Waals surface area contributed by atoms with Gasteiger partial charge >= 0.3 is 12.1 Å². The molecule has 0 heterocycles. The van der Waals surface area contributed by atoms with E-state index in [1.807, 2.05) is 13.0 Å². The molecule has 0 fully saturated rings. The Balaban J connectivity index is 0. The molecule has 0 saturated heterocycles. The number of rotatable bonds is 2. The van der Waals surface area contributed by atoms with Gasteiger partial charge in [0.05, 0.1) is 6.07 Å². The van der Waals surface area contributed by atoms with Crippen LogP contribution in [0.25, 0.3) is 0 Å². The SMILES string of the molecule is C[C@@H](N)CCC#N.O=C(O)C(F)(F)F. The van der Waals surface area contributed by atoms with Crippen LogP contribution in [0, 0.1) is 11.3 Å². The number of nitrogens with two attached hydrogens (primary N) is 1. The number of halogens is 3. The van der Waals surface area contributed by atoms with Crippen molar-refractivity contribution in [2.75, 3.05) is 0 Å². The summed E-state index contributed by atoms with van der Waals surface area (Å²) in [6, 6.07) is 2.20. The Bertz CT molecular complexity index is 208. The van der Waals surface area contributed by atoms with Gasteiger partial charge in [0.2, 0.25) is 0 Å². The molecule has 7 heteroatoms. The van der Waals surface area contributed by atoms with E-state index in [2.05, 4.69) is 0 Å². The number of nitriles is 1. The maximum atomic E-state index is 10.6. The Morgan fingerprint density at radius 2 is 2.00 bits per heavy atom. The molecule has 0 aromatic carbocycles. The highest BCUT2D eigenvalue weighted by atomic mass is 19.4. The number of hydrogen-bond donors (Lipinski definition) is 2. The van der Waals surface area contributed by atoms with Crippen molar-refractivity contribution in [2.24, 2.45) is 5.73 Å². The molecule has 1 atom stereocenters. The Morgan fingerprint density at radius 1 is 1.64 bits per heavy atom. The molecule has 0 aliphatic heterocycles. The first-order valence-electron chi connectivity index (χ1n) is 3.64. The van der Waals surface area contributed by atoms with Gasteiger partial charge in [-0.05, 0) is 13.3 Å². The van der Waals surface area contributed by atoms with Crippen molar-refractivity contribution in [3.05, 3.63) is 0 Å². The van der Waals surface area contributed by atoms with Gasteiger partial charge in [0.25, 0.3) is 0 Å². The van der Waals surface area contributed by atoms with E-state index in [1.54, 1.807) is 0 Å². The Hall–Kier alpha value is -1.29. The zero-order valence-electron chi connectivity index (χ0n) is 7.51. The average Bonchev–Trinajstić information content (AvgIpc) is 2.00. The van der Waals surface area contributed by atoms with Gasteiger partial charge in [0.1, 0.15) is 0 Å². The molecule has 3 N–H and O–H groups in total. The number of carbonyl (C=O) groups is 1.